The number of pyridine rings is 1. The number of rotatable bonds is 18. The molecular formula is C40H46Cl2N4O7. The topological polar surface area (TPSA) is 161 Å². The fourth-order valence-electron chi connectivity index (χ4n) is 6.24. The number of nitrogens with one attached hydrogen (secondary N) is 1. The van der Waals surface area contributed by atoms with Gasteiger partial charge in [-0.25, -0.2) is 0 Å². The Morgan fingerprint density at radius 3 is 2.47 bits per heavy atom. The van der Waals surface area contributed by atoms with E-state index in [4.69, 9.17) is 37.4 Å². The summed E-state index contributed by atoms with van der Waals surface area (Å²) < 4.78 is 18.6. The molecule has 0 radical (unpaired) electrons. The number of likely N-dealkylation sites (tertiary alicyclic amines) is 1. The molecule has 282 valence electrons. The van der Waals surface area contributed by atoms with Gasteiger partial charge in [-0.05, 0) is 55.6 Å². The highest BCUT2D eigenvalue weighted by atomic mass is 35.5. The number of halogens is 2. The summed E-state index contributed by atoms with van der Waals surface area (Å²) in [6.45, 7) is 4.79. The minimum absolute atomic E-state index is 0.0197. The number of aliphatic hydroxyl groups is 4. The van der Waals surface area contributed by atoms with Crippen LogP contribution in [0.4, 0.5) is 0 Å². The molecule has 0 aliphatic carbocycles. The van der Waals surface area contributed by atoms with Crippen LogP contribution >= 0.6 is 23.2 Å². The number of nitrogens with zero attached hydrogens (tertiary/aromatic N) is 3. The molecule has 0 saturated carbocycles. The Morgan fingerprint density at radius 1 is 0.943 bits per heavy atom. The fourth-order valence-corrected chi connectivity index (χ4v) is 6.76. The van der Waals surface area contributed by atoms with Gasteiger partial charge in [-0.3, -0.25) is 4.98 Å². The van der Waals surface area contributed by atoms with Crippen LogP contribution in [-0.4, -0.2) is 88.5 Å². The first-order valence-corrected chi connectivity index (χ1v) is 18.4. The van der Waals surface area contributed by atoms with E-state index in [9.17, 15) is 25.7 Å². The van der Waals surface area contributed by atoms with E-state index in [1.807, 2.05) is 43.3 Å². The van der Waals surface area contributed by atoms with Crippen molar-refractivity contribution in [3.63, 3.8) is 0 Å². The van der Waals surface area contributed by atoms with Crippen LogP contribution < -0.4 is 19.5 Å². The maximum absolute atomic E-state index is 10.2. The van der Waals surface area contributed by atoms with Crippen molar-refractivity contribution in [2.45, 2.75) is 51.7 Å². The van der Waals surface area contributed by atoms with Gasteiger partial charge in [0.15, 0.2) is 0 Å². The Kier molecular flexibility index (Phi) is 15.1. The van der Waals surface area contributed by atoms with Crippen LogP contribution in [0.5, 0.6) is 17.2 Å². The minimum Gasteiger partial charge on any atom is -0.493 e. The summed E-state index contributed by atoms with van der Waals surface area (Å²) in [5.41, 5.74) is 5.28. The molecule has 1 aliphatic heterocycles. The molecule has 1 aromatic heterocycles. The highest BCUT2D eigenvalue weighted by molar-refractivity contribution is 6.34. The second kappa shape index (κ2) is 19.9. The summed E-state index contributed by atoms with van der Waals surface area (Å²) in [6, 6.07) is 18.3. The second-order valence-electron chi connectivity index (χ2n) is 13.1. The van der Waals surface area contributed by atoms with Gasteiger partial charge < -0.3 is 44.9 Å². The average Bonchev–Trinajstić information content (AvgIpc) is 3.17. The van der Waals surface area contributed by atoms with Crippen molar-refractivity contribution >= 4 is 23.2 Å². The number of nitriles is 1. The lowest BCUT2D eigenvalue weighted by molar-refractivity contribution is -0.00293. The van der Waals surface area contributed by atoms with Crippen molar-refractivity contribution in [3.8, 4) is 34.4 Å². The molecule has 4 aromatic rings. The molecule has 0 spiro atoms. The van der Waals surface area contributed by atoms with Crippen molar-refractivity contribution < 1.29 is 34.6 Å². The standard InChI is InChI=1S/C40H46Cl2N4O7/c1-26-33(6-3-8-37(26)51-12-4-10-46-11-9-29(21-47)36(50)20-46)34-7-2-5-30(40(34)42)25-53-39-15-38(52-24-28-13-27(16-43)17-44-18-28)31(14-35(39)41)19-45-32(22-48)23-49/h2-3,5-8,13-15,17-18,29,32,36,45,47-50H,4,9-12,19-25H2,1H3/t29-,36-/m1/s1. The Morgan fingerprint density at radius 2 is 1.72 bits per heavy atom. The number of aromatic nitrogens is 1. The first-order chi connectivity index (χ1) is 25.7. The van der Waals surface area contributed by atoms with E-state index in [1.54, 1.807) is 24.4 Å². The Bertz CT molecular complexity index is 1850. The number of piperidine rings is 1. The smallest absolute Gasteiger partial charge is 0.142 e. The summed E-state index contributed by atoms with van der Waals surface area (Å²) in [5, 5.41) is 52.0. The molecule has 0 amide bonds. The van der Waals surface area contributed by atoms with Gasteiger partial charge in [0.2, 0.25) is 0 Å². The quantitative estimate of drug-likeness (QED) is 0.0839. The molecule has 0 bridgehead atoms. The highest BCUT2D eigenvalue weighted by Gasteiger charge is 2.26. The molecule has 1 fully saturated rings. The number of hydrogen-bond acceptors (Lipinski definition) is 11. The summed E-state index contributed by atoms with van der Waals surface area (Å²) in [7, 11) is 0. The summed E-state index contributed by atoms with van der Waals surface area (Å²) in [4.78, 5) is 6.32. The first-order valence-electron chi connectivity index (χ1n) is 17.6. The monoisotopic (exact) mass is 764 g/mol. The van der Waals surface area contributed by atoms with Crippen LogP contribution in [0.15, 0.2) is 67.0 Å². The van der Waals surface area contributed by atoms with Gasteiger partial charge in [-0.15, -0.1) is 0 Å². The molecule has 0 unspecified atom stereocenters. The molecule has 2 heterocycles. The van der Waals surface area contributed by atoms with E-state index >= 15 is 0 Å². The Hall–Kier alpha value is -3.96. The van der Waals surface area contributed by atoms with Crippen molar-refractivity contribution in [2.24, 2.45) is 5.92 Å². The predicted molar refractivity (Wildman–Crippen MR) is 203 cm³/mol. The maximum atomic E-state index is 10.2. The molecular weight excluding hydrogens is 719 g/mol. The van der Waals surface area contributed by atoms with Crippen LogP contribution in [0, 0.1) is 24.2 Å². The van der Waals surface area contributed by atoms with Gasteiger partial charge in [-0.2, -0.15) is 5.26 Å². The van der Waals surface area contributed by atoms with Gasteiger partial charge in [0.05, 0.1) is 47.6 Å². The number of benzene rings is 3. The largest absolute Gasteiger partial charge is 0.493 e. The van der Waals surface area contributed by atoms with Gasteiger partial charge in [0.25, 0.3) is 0 Å². The van der Waals surface area contributed by atoms with E-state index in [2.05, 4.69) is 21.3 Å². The zero-order valence-corrected chi connectivity index (χ0v) is 31.2. The van der Waals surface area contributed by atoms with E-state index in [0.29, 0.717) is 51.4 Å². The van der Waals surface area contributed by atoms with Gasteiger partial charge in [-0.1, -0.05) is 53.5 Å². The van der Waals surface area contributed by atoms with Crippen LogP contribution in [0.25, 0.3) is 11.1 Å². The van der Waals surface area contributed by atoms with Crippen LogP contribution in [0.1, 0.15) is 40.7 Å². The van der Waals surface area contributed by atoms with Gasteiger partial charge in [0.1, 0.15) is 36.5 Å². The second-order valence-corrected chi connectivity index (χ2v) is 13.9. The molecule has 53 heavy (non-hydrogen) atoms. The van der Waals surface area contributed by atoms with E-state index in [1.165, 1.54) is 6.20 Å². The van der Waals surface area contributed by atoms with Crippen molar-refractivity contribution in [1.29, 1.82) is 5.26 Å². The molecule has 2 atom stereocenters. The van der Waals surface area contributed by atoms with Crippen LogP contribution in [0.3, 0.4) is 0 Å². The predicted octanol–water partition coefficient (Wildman–Crippen LogP) is 5.28. The third-order valence-electron chi connectivity index (χ3n) is 9.41. The van der Waals surface area contributed by atoms with Crippen LogP contribution in [-0.2, 0) is 19.8 Å². The zero-order chi connectivity index (χ0) is 37.7. The number of aliphatic hydroxyl groups excluding tert-OH is 4. The van der Waals surface area contributed by atoms with Gasteiger partial charge in [0, 0.05) is 72.9 Å². The zero-order valence-electron chi connectivity index (χ0n) is 29.7. The summed E-state index contributed by atoms with van der Waals surface area (Å²) in [6.07, 6.45) is 4.19. The summed E-state index contributed by atoms with van der Waals surface area (Å²) >= 11 is 13.7. The average molecular weight is 766 g/mol. The van der Waals surface area contributed by atoms with Gasteiger partial charge >= 0.3 is 0 Å². The van der Waals surface area contributed by atoms with E-state index < -0.39 is 12.1 Å². The molecule has 11 nitrogen and oxygen atoms in total. The fraction of sp³-hybridized carbons (Fsp3) is 0.400. The summed E-state index contributed by atoms with van der Waals surface area (Å²) in [5.74, 6) is 1.56. The SMILES string of the molecule is Cc1c(OCCCN2CC[C@H](CO)[C@H](O)C2)cccc1-c1cccc(COc2cc(OCc3cncc(C#N)c3)c(CNC(CO)CO)cc2Cl)c1Cl. The minimum atomic E-state index is -0.526. The van der Waals surface area contributed by atoms with E-state index in [-0.39, 0.29) is 45.5 Å². The highest BCUT2D eigenvalue weighted by Crippen LogP contribution is 2.38. The first kappa shape index (κ1) is 40.2. The molecule has 1 aliphatic rings. The number of ether oxygens (including phenoxy) is 3. The van der Waals surface area contributed by atoms with Crippen LogP contribution in [0.2, 0.25) is 10.0 Å². The lowest BCUT2D eigenvalue weighted by atomic mass is 9.95. The molecule has 1 saturated heterocycles. The lowest BCUT2D eigenvalue weighted by Gasteiger charge is -2.35. The molecule has 5 N–H and O–H groups in total. The molecule has 13 heteroatoms. The van der Waals surface area contributed by atoms with Crippen molar-refractivity contribution in [1.82, 2.24) is 15.2 Å². The normalized spacial score (nSPS) is 16.1. The molecule has 5 rings (SSSR count). The molecule has 3 aromatic carbocycles. The Balaban J connectivity index is 1.27. The third-order valence-corrected chi connectivity index (χ3v) is 10.1. The lowest BCUT2D eigenvalue weighted by Crippen LogP contribution is -2.45. The number of β-amino-alcohol motifs (C(OH)–C–C–N with tert-alkyl or cyclic N) is 1. The van der Waals surface area contributed by atoms with Crippen molar-refractivity contribution in [2.75, 3.05) is 46.1 Å². The Labute approximate surface area is 320 Å². The third kappa shape index (κ3) is 10.8. The van der Waals surface area contributed by atoms with Crippen molar-refractivity contribution in [3.05, 3.63) is 105 Å². The maximum Gasteiger partial charge on any atom is 0.142 e. The van der Waals surface area contributed by atoms with E-state index in [0.717, 1.165) is 53.9 Å². The number of hydrogen-bond donors (Lipinski definition) is 5.